The van der Waals surface area contributed by atoms with Crippen molar-refractivity contribution in [1.82, 2.24) is 15.5 Å². The number of aryl methyl sites for hydroxylation is 3. The minimum Gasteiger partial charge on any atom is -0.350 e. The molecule has 0 aliphatic rings. The summed E-state index contributed by atoms with van der Waals surface area (Å²) in [6.07, 6.45) is 2.70. The number of thiophene rings is 1. The molecule has 0 saturated heterocycles. The second-order valence-electron chi connectivity index (χ2n) is 6.16. The van der Waals surface area contributed by atoms with Gasteiger partial charge < -0.3 is 11.1 Å². The summed E-state index contributed by atoms with van der Waals surface area (Å²) in [7, 11) is 0. The van der Waals surface area contributed by atoms with Crippen molar-refractivity contribution in [2.24, 2.45) is 5.73 Å². The molecule has 0 saturated carbocycles. The zero-order valence-electron chi connectivity index (χ0n) is 16.1. The summed E-state index contributed by atoms with van der Waals surface area (Å²) < 4.78 is 24.3. The van der Waals surface area contributed by atoms with Gasteiger partial charge in [-0.05, 0) is 49.6 Å². The highest BCUT2D eigenvalue weighted by Gasteiger charge is 2.16. The van der Waals surface area contributed by atoms with E-state index in [0.717, 1.165) is 45.8 Å². The standard InChI is InChI=1S/C13H18N4OS.C7H6F2/c1-3-11-10(7-16-17-11)9-6-12(19-8(9)2)13(18)15-5-4-14;1-5-2-3-6(8)7(9)4-5/h6-7H,3-5,14H2,1-2H3,(H,15,18)(H,16,17);2-4H,1H3. The number of hydrogen-bond donors (Lipinski definition) is 3. The molecule has 1 amide bonds. The Labute approximate surface area is 167 Å². The molecule has 0 bridgehead atoms. The van der Waals surface area contributed by atoms with Gasteiger partial charge in [-0.15, -0.1) is 11.3 Å². The van der Waals surface area contributed by atoms with E-state index in [1.54, 1.807) is 6.92 Å². The van der Waals surface area contributed by atoms with Gasteiger partial charge in [-0.25, -0.2) is 8.78 Å². The van der Waals surface area contributed by atoms with Crippen LogP contribution in [0.15, 0.2) is 30.5 Å². The first-order chi connectivity index (χ1) is 13.4. The summed E-state index contributed by atoms with van der Waals surface area (Å²) in [6.45, 7) is 6.75. The van der Waals surface area contributed by atoms with E-state index < -0.39 is 11.6 Å². The second kappa shape index (κ2) is 10.1. The first-order valence-corrected chi connectivity index (χ1v) is 9.72. The number of rotatable bonds is 5. The minimum atomic E-state index is -0.791. The Morgan fingerprint density at radius 3 is 2.57 bits per heavy atom. The zero-order chi connectivity index (χ0) is 20.7. The molecule has 3 rings (SSSR count). The molecule has 8 heteroatoms. The molecule has 150 valence electrons. The second-order valence-corrected chi connectivity index (χ2v) is 7.41. The van der Waals surface area contributed by atoms with Crippen molar-refractivity contribution in [2.75, 3.05) is 13.1 Å². The van der Waals surface area contributed by atoms with Gasteiger partial charge in [-0.3, -0.25) is 9.89 Å². The molecule has 0 unspecified atom stereocenters. The molecular weight excluding hydrogens is 382 g/mol. The van der Waals surface area contributed by atoms with E-state index >= 15 is 0 Å². The average molecular weight is 407 g/mol. The van der Waals surface area contributed by atoms with Crippen molar-refractivity contribution >= 4 is 17.2 Å². The molecule has 5 nitrogen and oxygen atoms in total. The van der Waals surface area contributed by atoms with E-state index in [1.165, 1.54) is 17.4 Å². The quantitative estimate of drug-likeness (QED) is 0.599. The summed E-state index contributed by atoms with van der Waals surface area (Å²) >= 11 is 1.50. The smallest absolute Gasteiger partial charge is 0.261 e. The maximum absolute atomic E-state index is 12.2. The molecule has 28 heavy (non-hydrogen) atoms. The van der Waals surface area contributed by atoms with Crippen LogP contribution in [0, 0.1) is 25.5 Å². The van der Waals surface area contributed by atoms with Crippen LogP contribution in [-0.4, -0.2) is 29.2 Å². The molecule has 0 atom stereocenters. The number of nitrogens with zero attached hydrogens (tertiary/aromatic N) is 1. The van der Waals surface area contributed by atoms with E-state index in [1.807, 2.05) is 19.2 Å². The van der Waals surface area contributed by atoms with Gasteiger partial charge >= 0.3 is 0 Å². The van der Waals surface area contributed by atoms with Crippen molar-refractivity contribution in [3.8, 4) is 11.1 Å². The number of aromatic nitrogens is 2. The molecular formula is C20H24F2N4OS. The average Bonchev–Trinajstić information content (AvgIpc) is 3.29. The summed E-state index contributed by atoms with van der Waals surface area (Å²) in [5.41, 5.74) is 9.36. The first-order valence-electron chi connectivity index (χ1n) is 8.90. The molecule has 2 aromatic heterocycles. The van der Waals surface area contributed by atoms with Crippen LogP contribution in [-0.2, 0) is 6.42 Å². The lowest BCUT2D eigenvalue weighted by Gasteiger charge is -2.00. The van der Waals surface area contributed by atoms with Gasteiger partial charge in [-0.2, -0.15) is 5.10 Å². The Hall–Kier alpha value is -2.58. The summed E-state index contributed by atoms with van der Waals surface area (Å²) in [5.74, 6) is -1.64. The van der Waals surface area contributed by atoms with Crippen LogP contribution in [0.1, 0.15) is 32.7 Å². The van der Waals surface area contributed by atoms with E-state index in [9.17, 15) is 13.6 Å². The van der Waals surface area contributed by atoms with Crippen LogP contribution < -0.4 is 11.1 Å². The topological polar surface area (TPSA) is 83.8 Å². The van der Waals surface area contributed by atoms with Crippen LogP contribution >= 0.6 is 11.3 Å². The van der Waals surface area contributed by atoms with Gasteiger partial charge in [0.25, 0.3) is 5.91 Å². The van der Waals surface area contributed by atoms with Crippen molar-refractivity contribution in [3.05, 3.63) is 63.1 Å². The fourth-order valence-electron chi connectivity index (χ4n) is 2.55. The van der Waals surface area contributed by atoms with Crippen molar-refractivity contribution in [2.45, 2.75) is 27.2 Å². The molecule has 3 aromatic rings. The third-order valence-electron chi connectivity index (χ3n) is 4.01. The van der Waals surface area contributed by atoms with Gasteiger partial charge in [0.2, 0.25) is 0 Å². The Morgan fingerprint density at radius 1 is 1.21 bits per heavy atom. The SMILES string of the molecule is CCc1[nH]ncc1-c1cc(C(=O)NCCN)sc1C.Cc1ccc(F)c(F)c1. The Bertz CT molecular complexity index is 936. The molecule has 0 radical (unpaired) electrons. The van der Waals surface area contributed by atoms with Crippen LogP contribution in [0.25, 0.3) is 11.1 Å². The van der Waals surface area contributed by atoms with Crippen LogP contribution in [0.3, 0.4) is 0 Å². The molecule has 0 spiro atoms. The monoisotopic (exact) mass is 406 g/mol. The Morgan fingerprint density at radius 2 is 1.96 bits per heavy atom. The van der Waals surface area contributed by atoms with Gasteiger partial charge in [0.05, 0.1) is 11.1 Å². The summed E-state index contributed by atoms with van der Waals surface area (Å²) in [4.78, 5) is 13.7. The third kappa shape index (κ3) is 5.46. The normalized spacial score (nSPS) is 10.4. The van der Waals surface area contributed by atoms with E-state index in [2.05, 4.69) is 22.4 Å². The van der Waals surface area contributed by atoms with Crippen LogP contribution in [0.4, 0.5) is 8.78 Å². The van der Waals surface area contributed by atoms with Gasteiger partial charge in [0.1, 0.15) is 0 Å². The molecule has 2 heterocycles. The number of nitrogens with two attached hydrogens (primary N) is 1. The van der Waals surface area contributed by atoms with Crippen molar-refractivity contribution < 1.29 is 13.6 Å². The number of carbonyl (C=O) groups excluding carboxylic acids is 1. The van der Waals surface area contributed by atoms with Crippen molar-refractivity contribution in [1.29, 1.82) is 0 Å². The van der Waals surface area contributed by atoms with Crippen LogP contribution in [0.2, 0.25) is 0 Å². The predicted molar refractivity (Wildman–Crippen MR) is 108 cm³/mol. The number of nitrogens with one attached hydrogen (secondary N) is 2. The summed E-state index contributed by atoms with van der Waals surface area (Å²) in [6, 6.07) is 5.73. The molecule has 0 aliphatic carbocycles. The van der Waals surface area contributed by atoms with E-state index in [4.69, 9.17) is 5.73 Å². The zero-order valence-corrected chi connectivity index (χ0v) is 16.9. The van der Waals surface area contributed by atoms with E-state index in [-0.39, 0.29) is 5.91 Å². The lowest BCUT2D eigenvalue weighted by molar-refractivity contribution is 0.0959. The minimum absolute atomic E-state index is 0.0636. The number of benzene rings is 1. The lowest BCUT2D eigenvalue weighted by Crippen LogP contribution is -2.28. The highest BCUT2D eigenvalue weighted by atomic mass is 32.1. The fraction of sp³-hybridized carbons (Fsp3) is 0.300. The maximum atomic E-state index is 12.2. The largest absolute Gasteiger partial charge is 0.350 e. The number of halogens is 2. The predicted octanol–water partition coefficient (Wildman–Crippen LogP) is 3.97. The highest BCUT2D eigenvalue weighted by Crippen LogP contribution is 2.32. The molecule has 0 fully saturated rings. The molecule has 4 N–H and O–H groups in total. The molecule has 0 aliphatic heterocycles. The van der Waals surface area contributed by atoms with Crippen LogP contribution in [0.5, 0.6) is 0 Å². The first kappa shape index (κ1) is 21.7. The van der Waals surface area contributed by atoms with E-state index in [0.29, 0.717) is 18.0 Å². The van der Waals surface area contributed by atoms with Gasteiger partial charge in [0, 0.05) is 29.2 Å². The Kier molecular flexibility index (Phi) is 7.83. The van der Waals surface area contributed by atoms with Crippen molar-refractivity contribution in [3.63, 3.8) is 0 Å². The number of amides is 1. The fourth-order valence-corrected chi connectivity index (χ4v) is 3.50. The van der Waals surface area contributed by atoms with Gasteiger partial charge in [-0.1, -0.05) is 13.0 Å². The number of carbonyl (C=O) groups is 1. The highest BCUT2D eigenvalue weighted by molar-refractivity contribution is 7.14. The van der Waals surface area contributed by atoms with Gasteiger partial charge in [0.15, 0.2) is 11.6 Å². The number of H-pyrrole nitrogens is 1. The third-order valence-corrected chi connectivity index (χ3v) is 5.06. The lowest BCUT2D eigenvalue weighted by atomic mass is 10.1. The maximum Gasteiger partial charge on any atom is 0.261 e. The number of hydrogen-bond acceptors (Lipinski definition) is 4. The Balaban J connectivity index is 0.000000261. The molecule has 1 aromatic carbocycles. The number of aromatic amines is 1. The summed E-state index contributed by atoms with van der Waals surface area (Å²) in [5, 5.41) is 9.85.